The van der Waals surface area contributed by atoms with Gasteiger partial charge in [0.2, 0.25) is 0 Å². The van der Waals surface area contributed by atoms with Gasteiger partial charge in [-0.1, -0.05) is 11.6 Å². The molecule has 0 fully saturated rings. The lowest BCUT2D eigenvalue weighted by Gasteiger charge is -2.03. The summed E-state index contributed by atoms with van der Waals surface area (Å²) in [6, 6.07) is 2.86. The zero-order valence-corrected chi connectivity index (χ0v) is 11.8. The largest absolute Gasteiger partial charge is 0.254 e. The standard InChI is InChI=1S/C9H3ClFI2N/c10-8-5-1-4(11)2-6(12)9(5)14-3-7(8)13/h1-3H. The van der Waals surface area contributed by atoms with E-state index in [1.54, 1.807) is 6.20 Å². The van der Waals surface area contributed by atoms with Crippen LogP contribution in [0, 0.1) is 13.0 Å². The van der Waals surface area contributed by atoms with Crippen molar-refractivity contribution < 1.29 is 4.39 Å². The molecule has 0 unspecified atom stereocenters. The minimum absolute atomic E-state index is 0.285. The van der Waals surface area contributed by atoms with Crippen LogP contribution in [0.4, 0.5) is 4.39 Å². The van der Waals surface area contributed by atoms with Gasteiger partial charge in [-0.15, -0.1) is 0 Å². The number of aromatic nitrogens is 1. The molecule has 0 spiro atoms. The molecule has 0 saturated heterocycles. The summed E-state index contributed by atoms with van der Waals surface area (Å²) < 4.78 is 14.7. The van der Waals surface area contributed by atoms with Crippen LogP contribution < -0.4 is 0 Å². The smallest absolute Gasteiger partial charge is 0.125 e. The van der Waals surface area contributed by atoms with Gasteiger partial charge in [-0.25, -0.2) is 4.39 Å². The summed E-state index contributed by atoms with van der Waals surface area (Å²) in [5, 5.41) is 1.23. The van der Waals surface area contributed by atoms with Crippen LogP contribution in [0.1, 0.15) is 0 Å². The number of fused-ring (bicyclic) bond motifs is 1. The topological polar surface area (TPSA) is 12.9 Å². The molecule has 1 aromatic carbocycles. The first kappa shape index (κ1) is 10.8. The van der Waals surface area contributed by atoms with Gasteiger partial charge in [0.1, 0.15) is 5.82 Å². The first-order valence-corrected chi connectivity index (χ1v) is 6.22. The van der Waals surface area contributed by atoms with Crippen LogP contribution in [0.2, 0.25) is 5.02 Å². The molecule has 0 aliphatic heterocycles. The summed E-state index contributed by atoms with van der Waals surface area (Å²) >= 11 is 10.2. The molecule has 0 N–H and O–H groups in total. The van der Waals surface area contributed by atoms with E-state index in [2.05, 4.69) is 27.6 Å². The van der Waals surface area contributed by atoms with Gasteiger partial charge in [0.25, 0.3) is 0 Å². The Kier molecular flexibility index (Phi) is 3.13. The van der Waals surface area contributed by atoms with E-state index in [1.807, 2.05) is 22.6 Å². The molecular formula is C9H3ClFI2N. The lowest BCUT2D eigenvalue weighted by Crippen LogP contribution is -1.88. The maximum atomic E-state index is 13.1. The molecule has 0 radical (unpaired) electrons. The van der Waals surface area contributed by atoms with Crippen LogP contribution in [0.5, 0.6) is 0 Å². The van der Waals surface area contributed by atoms with Crippen molar-refractivity contribution in [1.82, 2.24) is 4.98 Å². The summed E-state index contributed by atoms with van der Waals surface area (Å²) in [6.07, 6.45) is 1.69. The first-order chi connectivity index (χ1) is 6.59. The highest BCUT2D eigenvalue weighted by Gasteiger charge is 2.08. The van der Waals surface area contributed by atoms with E-state index in [0.717, 1.165) is 12.7 Å². The molecule has 1 nitrogen and oxygen atoms in total. The van der Waals surface area contributed by atoms with E-state index in [9.17, 15) is 4.39 Å². The predicted octanol–water partition coefficient (Wildman–Crippen LogP) is 4.24. The van der Waals surface area contributed by atoms with Gasteiger partial charge in [-0.05, 0) is 57.3 Å². The number of pyridine rings is 1. The highest BCUT2D eigenvalue weighted by molar-refractivity contribution is 14.1. The summed E-state index contributed by atoms with van der Waals surface area (Å²) in [4.78, 5) is 4.22. The fourth-order valence-corrected chi connectivity index (χ4v) is 2.52. The van der Waals surface area contributed by atoms with Gasteiger partial charge in [0.05, 0.1) is 14.1 Å². The third kappa shape index (κ3) is 1.83. The van der Waals surface area contributed by atoms with E-state index in [-0.39, 0.29) is 5.82 Å². The Morgan fingerprint density at radius 1 is 1.21 bits per heavy atom. The third-order valence-electron chi connectivity index (χ3n) is 1.78. The highest BCUT2D eigenvalue weighted by atomic mass is 127. The number of rotatable bonds is 0. The maximum absolute atomic E-state index is 13.1. The van der Waals surface area contributed by atoms with E-state index < -0.39 is 0 Å². The zero-order valence-electron chi connectivity index (χ0n) is 6.69. The van der Waals surface area contributed by atoms with Crippen molar-refractivity contribution in [3.05, 3.63) is 36.3 Å². The summed E-state index contributed by atoms with van der Waals surface area (Å²) in [5.41, 5.74) is 0.748. The second kappa shape index (κ2) is 4.05. The van der Waals surface area contributed by atoms with Crippen LogP contribution in [-0.2, 0) is 0 Å². The van der Waals surface area contributed by atoms with Gasteiger partial charge in [-0.3, -0.25) is 4.98 Å². The molecule has 0 bridgehead atoms. The molecule has 0 saturated carbocycles. The molecule has 1 aromatic heterocycles. The highest BCUT2D eigenvalue weighted by Crippen LogP contribution is 2.29. The van der Waals surface area contributed by atoms with Crippen LogP contribution in [0.25, 0.3) is 10.9 Å². The Hall–Kier alpha value is 0.310. The average Bonchev–Trinajstić information content (AvgIpc) is 2.12. The number of benzene rings is 1. The molecule has 0 aliphatic rings. The molecule has 2 rings (SSSR count). The minimum Gasteiger partial charge on any atom is -0.254 e. The molecule has 0 aliphatic carbocycles. The van der Waals surface area contributed by atoms with Crippen molar-refractivity contribution in [2.75, 3.05) is 0 Å². The number of hydrogen-bond acceptors (Lipinski definition) is 1. The van der Waals surface area contributed by atoms with Crippen LogP contribution in [0.3, 0.4) is 0 Å². The number of nitrogens with zero attached hydrogens (tertiary/aromatic N) is 1. The zero-order chi connectivity index (χ0) is 10.3. The molecular weight excluding hydrogens is 430 g/mol. The van der Waals surface area contributed by atoms with Gasteiger partial charge < -0.3 is 0 Å². The van der Waals surface area contributed by atoms with E-state index in [4.69, 9.17) is 11.6 Å². The van der Waals surface area contributed by atoms with Crippen molar-refractivity contribution in [3.8, 4) is 0 Å². The van der Waals surface area contributed by atoms with Crippen molar-refractivity contribution in [1.29, 1.82) is 0 Å². The van der Waals surface area contributed by atoms with Crippen molar-refractivity contribution >= 4 is 67.7 Å². The second-order valence-corrected chi connectivity index (χ2v) is 5.41. The average molecular weight is 433 g/mol. The summed E-state index contributed by atoms with van der Waals surface area (Å²) in [5.74, 6) is -0.285. The Labute approximate surface area is 112 Å². The lowest BCUT2D eigenvalue weighted by molar-refractivity contribution is 0.628. The van der Waals surface area contributed by atoms with Gasteiger partial charge in [-0.2, -0.15) is 0 Å². The maximum Gasteiger partial charge on any atom is 0.125 e. The van der Waals surface area contributed by atoms with Gasteiger partial charge >= 0.3 is 0 Å². The fourth-order valence-electron chi connectivity index (χ4n) is 1.17. The van der Waals surface area contributed by atoms with E-state index >= 15 is 0 Å². The monoisotopic (exact) mass is 433 g/mol. The quantitative estimate of drug-likeness (QED) is 0.567. The molecule has 72 valence electrons. The van der Waals surface area contributed by atoms with Crippen molar-refractivity contribution in [2.24, 2.45) is 0 Å². The van der Waals surface area contributed by atoms with Crippen LogP contribution in [-0.4, -0.2) is 4.98 Å². The molecule has 14 heavy (non-hydrogen) atoms. The molecule has 1 heterocycles. The number of hydrogen-bond donors (Lipinski definition) is 0. The fraction of sp³-hybridized carbons (Fsp3) is 0. The van der Waals surface area contributed by atoms with Crippen LogP contribution >= 0.6 is 56.8 Å². The van der Waals surface area contributed by atoms with Crippen LogP contribution in [0.15, 0.2) is 18.3 Å². The predicted molar refractivity (Wildman–Crippen MR) is 72.1 cm³/mol. The first-order valence-electron chi connectivity index (χ1n) is 3.68. The van der Waals surface area contributed by atoms with Crippen molar-refractivity contribution in [2.45, 2.75) is 0 Å². The van der Waals surface area contributed by atoms with E-state index in [1.165, 1.54) is 12.1 Å². The summed E-state index contributed by atoms with van der Waals surface area (Å²) in [6.45, 7) is 0. The second-order valence-electron chi connectivity index (χ2n) is 2.70. The third-order valence-corrected chi connectivity index (χ3v) is 4.15. The lowest BCUT2D eigenvalue weighted by atomic mass is 10.2. The molecule has 5 heteroatoms. The number of halogens is 4. The Morgan fingerprint density at radius 2 is 1.93 bits per heavy atom. The normalized spacial score (nSPS) is 10.9. The van der Waals surface area contributed by atoms with Gasteiger partial charge in [0.15, 0.2) is 0 Å². The molecule has 0 atom stereocenters. The minimum atomic E-state index is -0.285. The Morgan fingerprint density at radius 3 is 2.64 bits per heavy atom. The SMILES string of the molecule is Fc1cc(I)c2ncc(I)c(Cl)c2c1. The van der Waals surface area contributed by atoms with E-state index in [0.29, 0.717) is 10.4 Å². The Bertz CT molecular complexity index is 516. The van der Waals surface area contributed by atoms with Gasteiger partial charge in [0, 0.05) is 15.2 Å². The molecule has 0 amide bonds. The molecule has 2 aromatic rings. The van der Waals surface area contributed by atoms with Crippen molar-refractivity contribution in [3.63, 3.8) is 0 Å². The Balaban J connectivity index is 2.95. The summed E-state index contributed by atoms with van der Waals surface area (Å²) in [7, 11) is 0.